The molecule has 3 rings (SSSR count). The summed E-state index contributed by atoms with van der Waals surface area (Å²) in [7, 11) is -3.44. The van der Waals surface area contributed by atoms with Crippen molar-refractivity contribution in [1.29, 1.82) is 0 Å². The first-order valence-electron chi connectivity index (χ1n) is 8.39. The number of carbonyl (C=O) groups excluding carboxylic acids is 1. The average Bonchev–Trinajstić information content (AvgIpc) is 3.34. The number of sulfonamides is 1. The van der Waals surface area contributed by atoms with Crippen molar-refractivity contribution >= 4 is 56.4 Å². The molecule has 1 aliphatic rings. The van der Waals surface area contributed by atoms with E-state index in [1.807, 2.05) is 17.5 Å². The number of hydrogen-bond donors (Lipinski definition) is 2. The summed E-state index contributed by atoms with van der Waals surface area (Å²) in [5.74, 6) is -0.339. The summed E-state index contributed by atoms with van der Waals surface area (Å²) in [5.41, 5.74) is 0.600. The average molecular weight is 422 g/mol. The lowest BCUT2D eigenvalue weighted by molar-refractivity contribution is -0.115. The first kappa shape index (κ1) is 19.7. The summed E-state index contributed by atoms with van der Waals surface area (Å²) in [6, 6.07) is 10.1. The fourth-order valence-electron chi connectivity index (χ4n) is 2.65. The minimum absolute atomic E-state index is 0.144. The van der Waals surface area contributed by atoms with Crippen LogP contribution in [0.3, 0.4) is 0 Å². The lowest BCUT2D eigenvalue weighted by atomic mass is 10.3. The zero-order chi connectivity index (χ0) is 19.3. The molecule has 1 fully saturated rings. The molecule has 2 heterocycles. The smallest absolute Gasteiger partial charge is 0.250 e. The molecule has 0 bridgehead atoms. The quantitative estimate of drug-likeness (QED) is 0.573. The summed E-state index contributed by atoms with van der Waals surface area (Å²) in [6.45, 7) is 1.13. The Kier molecular flexibility index (Phi) is 6.38. The minimum Gasteiger partial charge on any atom is -0.332 e. The Morgan fingerprint density at radius 1 is 1.15 bits per heavy atom. The summed E-state index contributed by atoms with van der Waals surface area (Å²) >= 11 is 6.65. The molecule has 142 valence electrons. The van der Waals surface area contributed by atoms with E-state index < -0.39 is 10.0 Å². The molecule has 2 N–H and O–H groups in total. The van der Waals surface area contributed by atoms with E-state index >= 15 is 0 Å². The number of thiophene rings is 1. The van der Waals surface area contributed by atoms with E-state index in [2.05, 4.69) is 10.6 Å². The third kappa shape index (κ3) is 5.23. The van der Waals surface area contributed by atoms with Gasteiger partial charge in [-0.25, -0.2) is 8.42 Å². The first-order chi connectivity index (χ1) is 12.9. The van der Waals surface area contributed by atoms with Crippen LogP contribution in [0.2, 0.25) is 0 Å². The molecular formula is C18H19N3O3S3. The van der Waals surface area contributed by atoms with Crippen molar-refractivity contribution in [3.8, 4) is 0 Å². The van der Waals surface area contributed by atoms with Crippen molar-refractivity contribution in [1.82, 2.24) is 9.62 Å². The lowest BCUT2D eigenvalue weighted by Gasteiger charge is -2.16. The molecule has 27 heavy (non-hydrogen) atoms. The molecule has 0 unspecified atom stereocenters. The fraction of sp³-hybridized carbons (Fsp3) is 0.222. The molecule has 1 aromatic heterocycles. The molecule has 1 aliphatic heterocycles. The largest absolute Gasteiger partial charge is 0.332 e. The third-order valence-corrected chi connectivity index (χ3v) is 6.95. The summed E-state index contributed by atoms with van der Waals surface area (Å²) in [6.07, 6.45) is 4.91. The van der Waals surface area contributed by atoms with Gasteiger partial charge in [-0.1, -0.05) is 6.07 Å². The van der Waals surface area contributed by atoms with Crippen LogP contribution >= 0.6 is 23.6 Å². The molecule has 0 atom stereocenters. The second-order valence-electron chi connectivity index (χ2n) is 5.93. The Hall–Kier alpha value is -2.07. The highest BCUT2D eigenvalue weighted by Gasteiger charge is 2.26. The molecule has 2 aromatic rings. The number of nitrogens with zero attached hydrogens (tertiary/aromatic N) is 1. The van der Waals surface area contributed by atoms with Crippen LogP contribution in [0.5, 0.6) is 0 Å². The lowest BCUT2D eigenvalue weighted by Crippen LogP contribution is -2.32. The normalized spacial score (nSPS) is 15.1. The minimum atomic E-state index is -3.44. The first-order valence-corrected chi connectivity index (χ1v) is 11.1. The summed E-state index contributed by atoms with van der Waals surface area (Å²) in [4.78, 5) is 13.1. The van der Waals surface area contributed by atoms with Gasteiger partial charge in [-0.15, -0.1) is 11.3 Å². The van der Waals surface area contributed by atoms with Crippen LogP contribution < -0.4 is 10.6 Å². The fourth-order valence-corrected chi connectivity index (χ4v) is 5.00. The number of benzene rings is 1. The SMILES string of the molecule is O=C(/C=C/c1cccs1)NC(=S)Nc1ccc(S(=O)(=O)N2CCCC2)cc1. The number of anilines is 1. The van der Waals surface area contributed by atoms with Crippen LogP contribution in [0.1, 0.15) is 17.7 Å². The highest BCUT2D eigenvalue weighted by Crippen LogP contribution is 2.22. The van der Waals surface area contributed by atoms with Gasteiger partial charge in [0.2, 0.25) is 15.9 Å². The summed E-state index contributed by atoms with van der Waals surface area (Å²) in [5, 5.41) is 7.50. The predicted octanol–water partition coefficient (Wildman–Crippen LogP) is 3.06. The number of rotatable bonds is 5. The van der Waals surface area contributed by atoms with E-state index in [0.29, 0.717) is 18.8 Å². The number of amides is 1. The number of hydrogen-bond acceptors (Lipinski definition) is 5. The number of thiocarbonyl (C=S) groups is 1. The molecular weight excluding hydrogens is 402 g/mol. The molecule has 0 aliphatic carbocycles. The van der Waals surface area contributed by atoms with Crippen molar-refractivity contribution in [2.45, 2.75) is 17.7 Å². The van der Waals surface area contributed by atoms with E-state index in [0.717, 1.165) is 17.7 Å². The maximum Gasteiger partial charge on any atom is 0.250 e. The Balaban J connectivity index is 1.56. The second kappa shape index (κ2) is 8.75. The Labute approximate surface area is 167 Å². The maximum absolute atomic E-state index is 12.5. The number of nitrogens with one attached hydrogen (secondary N) is 2. The molecule has 1 amide bonds. The van der Waals surface area contributed by atoms with Gasteiger partial charge in [0.05, 0.1) is 4.90 Å². The van der Waals surface area contributed by atoms with Crippen LogP contribution in [0.4, 0.5) is 5.69 Å². The third-order valence-electron chi connectivity index (χ3n) is 3.99. The Morgan fingerprint density at radius 3 is 2.48 bits per heavy atom. The van der Waals surface area contributed by atoms with Gasteiger partial charge in [-0.3, -0.25) is 10.1 Å². The van der Waals surface area contributed by atoms with Crippen molar-refractivity contribution in [2.75, 3.05) is 18.4 Å². The molecule has 1 saturated heterocycles. The van der Waals surface area contributed by atoms with Gasteiger partial charge < -0.3 is 5.32 Å². The van der Waals surface area contributed by atoms with Gasteiger partial charge in [-0.05, 0) is 66.8 Å². The zero-order valence-electron chi connectivity index (χ0n) is 14.4. The molecule has 9 heteroatoms. The van der Waals surface area contributed by atoms with Crippen LogP contribution in [0.15, 0.2) is 52.7 Å². The maximum atomic E-state index is 12.5. The monoisotopic (exact) mass is 421 g/mol. The Bertz CT molecular complexity index is 930. The van der Waals surface area contributed by atoms with E-state index in [1.54, 1.807) is 18.2 Å². The van der Waals surface area contributed by atoms with Gasteiger partial charge in [0.25, 0.3) is 0 Å². The van der Waals surface area contributed by atoms with E-state index in [9.17, 15) is 13.2 Å². The van der Waals surface area contributed by atoms with Crippen molar-refractivity contribution < 1.29 is 13.2 Å². The topological polar surface area (TPSA) is 78.5 Å². The highest BCUT2D eigenvalue weighted by molar-refractivity contribution is 7.89. The van der Waals surface area contributed by atoms with Crippen molar-refractivity contribution in [3.05, 3.63) is 52.7 Å². The van der Waals surface area contributed by atoms with E-state index in [1.165, 1.54) is 33.9 Å². The van der Waals surface area contributed by atoms with Gasteiger partial charge in [-0.2, -0.15) is 4.31 Å². The summed E-state index contributed by atoms with van der Waals surface area (Å²) < 4.78 is 26.5. The Morgan fingerprint density at radius 2 is 1.85 bits per heavy atom. The van der Waals surface area contributed by atoms with Gasteiger partial charge in [0, 0.05) is 29.7 Å². The van der Waals surface area contributed by atoms with Crippen LogP contribution in [0, 0.1) is 0 Å². The van der Waals surface area contributed by atoms with Crippen molar-refractivity contribution in [3.63, 3.8) is 0 Å². The standard InChI is InChI=1S/C18H19N3O3S3/c22-17(10-7-15-4-3-13-26-15)20-18(25)19-14-5-8-16(9-6-14)27(23,24)21-11-1-2-12-21/h3-10,13H,1-2,11-12H2,(H2,19,20,22,25)/b10-7+. The highest BCUT2D eigenvalue weighted by atomic mass is 32.2. The van der Waals surface area contributed by atoms with Gasteiger partial charge in [0.15, 0.2) is 5.11 Å². The molecule has 0 radical (unpaired) electrons. The molecule has 1 aromatic carbocycles. The number of carbonyl (C=O) groups is 1. The van der Waals surface area contributed by atoms with Crippen LogP contribution in [0.25, 0.3) is 6.08 Å². The van der Waals surface area contributed by atoms with Crippen molar-refractivity contribution in [2.24, 2.45) is 0 Å². The molecule has 0 saturated carbocycles. The van der Waals surface area contributed by atoms with Crippen LogP contribution in [-0.4, -0.2) is 36.8 Å². The molecule has 0 spiro atoms. The van der Waals surface area contributed by atoms with Gasteiger partial charge >= 0.3 is 0 Å². The van der Waals surface area contributed by atoms with Crippen LogP contribution in [-0.2, 0) is 14.8 Å². The van der Waals surface area contributed by atoms with Gasteiger partial charge in [0.1, 0.15) is 0 Å². The molecule has 6 nitrogen and oxygen atoms in total. The predicted molar refractivity (Wildman–Crippen MR) is 112 cm³/mol. The van der Waals surface area contributed by atoms with E-state index in [4.69, 9.17) is 12.2 Å². The second-order valence-corrected chi connectivity index (χ2v) is 9.25. The zero-order valence-corrected chi connectivity index (χ0v) is 16.9. The van der Waals surface area contributed by atoms with E-state index in [-0.39, 0.29) is 15.9 Å².